The first kappa shape index (κ1) is 17.5. The minimum Gasteiger partial charge on any atom is -0.325 e. The highest BCUT2D eigenvalue weighted by Gasteiger charge is 2.19. The van der Waals surface area contributed by atoms with Gasteiger partial charge in [-0.2, -0.15) is 0 Å². The highest BCUT2D eigenvalue weighted by molar-refractivity contribution is 7.92. The maximum atomic E-state index is 12.2. The van der Waals surface area contributed by atoms with Gasteiger partial charge in [0.2, 0.25) is 5.91 Å². The normalized spacial score (nSPS) is 11.5. The van der Waals surface area contributed by atoms with Gasteiger partial charge in [0.15, 0.2) is 9.84 Å². The summed E-state index contributed by atoms with van der Waals surface area (Å²) < 4.78 is 24.4. The van der Waals surface area contributed by atoms with E-state index >= 15 is 0 Å². The Kier molecular flexibility index (Phi) is 5.44. The molecule has 0 aliphatic rings. The minimum absolute atomic E-state index is 0.0761. The highest BCUT2D eigenvalue weighted by Crippen LogP contribution is 2.18. The zero-order chi connectivity index (χ0) is 17.0. The molecule has 0 aromatic heterocycles. The Morgan fingerprint density at radius 3 is 2.13 bits per heavy atom. The Labute approximate surface area is 141 Å². The van der Waals surface area contributed by atoms with Gasteiger partial charge in [0.1, 0.15) is 5.75 Å². The SMILES string of the molecule is CC(C)c1ccc(NC(=O)CS(=O)(=O)c2ccc(Cl)cc2)cc1. The van der Waals surface area contributed by atoms with E-state index in [-0.39, 0.29) is 4.90 Å². The van der Waals surface area contributed by atoms with Crippen molar-refractivity contribution in [3.63, 3.8) is 0 Å². The number of amides is 1. The van der Waals surface area contributed by atoms with Crippen LogP contribution in [-0.4, -0.2) is 20.1 Å². The van der Waals surface area contributed by atoms with Crippen LogP contribution in [0.2, 0.25) is 5.02 Å². The molecule has 1 amide bonds. The van der Waals surface area contributed by atoms with Crippen LogP contribution in [0.15, 0.2) is 53.4 Å². The number of benzene rings is 2. The number of sulfone groups is 1. The van der Waals surface area contributed by atoms with E-state index in [1.54, 1.807) is 12.1 Å². The average molecular weight is 352 g/mol. The summed E-state index contributed by atoms with van der Waals surface area (Å²) in [4.78, 5) is 12.0. The molecule has 2 rings (SSSR count). The fourth-order valence-electron chi connectivity index (χ4n) is 2.05. The average Bonchev–Trinajstić information content (AvgIpc) is 2.47. The highest BCUT2D eigenvalue weighted by atomic mass is 35.5. The number of hydrogen-bond donors (Lipinski definition) is 1. The lowest BCUT2D eigenvalue weighted by Gasteiger charge is -2.09. The molecule has 0 heterocycles. The molecule has 0 aliphatic heterocycles. The number of rotatable bonds is 5. The first-order valence-corrected chi connectivity index (χ1v) is 9.19. The van der Waals surface area contributed by atoms with Crippen molar-refractivity contribution in [3.05, 3.63) is 59.1 Å². The lowest BCUT2D eigenvalue weighted by Crippen LogP contribution is -2.23. The summed E-state index contributed by atoms with van der Waals surface area (Å²) in [5.41, 5.74) is 1.72. The molecule has 0 fully saturated rings. The quantitative estimate of drug-likeness (QED) is 0.889. The standard InChI is InChI=1S/C17H18ClNO3S/c1-12(2)13-3-7-15(8-4-13)19-17(20)11-23(21,22)16-9-5-14(18)6-10-16/h3-10,12H,11H2,1-2H3,(H,19,20). The van der Waals surface area contributed by atoms with Crippen molar-refractivity contribution in [2.45, 2.75) is 24.7 Å². The minimum atomic E-state index is -3.69. The molecule has 122 valence electrons. The molecule has 0 saturated carbocycles. The number of carbonyl (C=O) groups is 1. The first-order chi connectivity index (χ1) is 10.8. The van der Waals surface area contributed by atoms with Crippen LogP contribution in [0.25, 0.3) is 0 Å². The van der Waals surface area contributed by atoms with E-state index in [2.05, 4.69) is 19.2 Å². The third kappa shape index (κ3) is 4.81. The van der Waals surface area contributed by atoms with Crippen molar-refractivity contribution in [2.24, 2.45) is 0 Å². The van der Waals surface area contributed by atoms with Gasteiger partial charge in [0, 0.05) is 10.7 Å². The molecule has 2 aromatic rings. The second-order valence-electron chi connectivity index (χ2n) is 5.54. The largest absolute Gasteiger partial charge is 0.325 e. The molecule has 0 spiro atoms. The molecule has 2 aromatic carbocycles. The Balaban J connectivity index is 2.05. The zero-order valence-electron chi connectivity index (χ0n) is 12.9. The fraction of sp³-hybridized carbons (Fsp3) is 0.235. The van der Waals surface area contributed by atoms with Crippen LogP contribution in [0.1, 0.15) is 25.3 Å². The molecule has 0 atom stereocenters. The predicted octanol–water partition coefficient (Wildman–Crippen LogP) is 3.88. The van der Waals surface area contributed by atoms with Crippen LogP contribution in [-0.2, 0) is 14.6 Å². The van der Waals surface area contributed by atoms with Crippen LogP contribution in [0, 0.1) is 0 Å². The lowest BCUT2D eigenvalue weighted by atomic mass is 10.0. The summed E-state index contributed by atoms with van der Waals surface area (Å²) in [6, 6.07) is 13.1. The van der Waals surface area contributed by atoms with Gasteiger partial charge in [-0.1, -0.05) is 37.6 Å². The molecular formula is C17H18ClNO3S. The van der Waals surface area contributed by atoms with Gasteiger partial charge < -0.3 is 5.32 Å². The summed E-state index contributed by atoms with van der Waals surface area (Å²) in [7, 11) is -3.69. The van der Waals surface area contributed by atoms with E-state index in [9.17, 15) is 13.2 Å². The van der Waals surface area contributed by atoms with Crippen LogP contribution >= 0.6 is 11.6 Å². The number of carbonyl (C=O) groups excluding carboxylic acids is 1. The molecule has 0 radical (unpaired) electrons. The maximum absolute atomic E-state index is 12.2. The van der Waals surface area contributed by atoms with Crippen molar-refractivity contribution < 1.29 is 13.2 Å². The smallest absolute Gasteiger partial charge is 0.239 e. The molecular weight excluding hydrogens is 334 g/mol. The Bertz CT molecular complexity index is 782. The summed E-state index contributed by atoms with van der Waals surface area (Å²) in [5.74, 6) is -0.789. The van der Waals surface area contributed by atoms with E-state index < -0.39 is 21.5 Å². The van der Waals surface area contributed by atoms with Gasteiger partial charge >= 0.3 is 0 Å². The second kappa shape index (κ2) is 7.15. The third-order valence-corrected chi connectivity index (χ3v) is 5.24. The van der Waals surface area contributed by atoms with Crippen molar-refractivity contribution in [1.82, 2.24) is 0 Å². The van der Waals surface area contributed by atoms with Crippen LogP contribution in [0.3, 0.4) is 0 Å². The van der Waals surface area contributed by atoms with Gasteiger partial charge in [-0.05, 0) is 47.9 Å². The Morgan fingerprint density at radius 1 is 1.04 bits per heavy atom. The van der Waals surface area contributed by atoms with Gasteiger partial charge in [0.25, 0.3) is 0 Å². The molecule has 0 aliphatic carbocycles. The molecule has 1 N–H and O–H groups in total. The number of halogens is 1. The predicted molar refractivity (Wildman–Crippen MR) is 92.7 cm³/mol. The maximum Gasteiger partial charge on any atom is 0.239 e. The van der Waals surface area contributed by atoms with E-state index in [0.717, 1.165) is 5.56 Å². The molecule has 23 heavy (non-hydrogen) atoms. The summed E-state index contributed by atoms with van der Waals surface area (Å²) in [6.07, 6.45) is 0. The van der Waals surface area contributed by atoms with E-state index in [4.69, 9.17) is 11.6 Å². The number of nitrogens with one attached hydrogen (secondary N) is 1. The molecule has 0 unspecified atom stereocenters. The van der Waals surface area contributed by atoms with E-state index in [1.807, 2.05) is 12.1 Å². The summed E-state index contributed by atoms with van der Waals surface area (Å²) >= 11 is 5.74. The molecule has 6 heteroatoms. The second-order valence-corrected chi connectivity index (χ2v) is 7.96. The topological polar surface area (TPSA) is 63.2 Å². The molecule has 0 bridgehead atoms. The van der Waals surface area contributed by atoms with Crippen LogP contribution < -0.4 is 5.32 Å². The monoisotopic (exact) mass is 351 g/mol. The van der Waals surface area contributed by atoms with Crippen LogP contribution in [0.4, 0.5) is 5.69 Å². The van der Waals surface area contributed by atoms with Crippen molar-refractivity contribution in [3.8, 4) is 0 Å². The van der Waals surface area contributed by atoms with E-state index in [0.29, 0.717) is 16.6 Å². The van der Waals surface area contributed by atoms with Crippen LogP contribution in [0.5, 0.6) is 0 Å². The summed E-state index contributed by atoms with van der Waals surface area (Å²) in [6.45, 7) is 4.15. The van der Waals surface area contributed by atoms with Crippen molar-refractivity contribution >= 4 is 33.0 Å². The number of hydrogen-bond acceptors (Lipinski definition) is 3. The number of anilines is 1. The van der Waals surface area contributed by atoms with Gasteiger partial charge in [-0.25, -0.2) is 8.42 Å². The zero-order valence-corrected chi connectivity index (χ0v) is 14.5. The third-order valence-electron chi connectivity index (χ3n) is 3.35. The Hall–Kier alpha value is -1.85. The fourth-order valence-corrected chi connectivity index (χ4v) is 3.31. The Morgan fingerprint density at radius 2 is 1.61 bits per heavy atom. The van der Waals surface area contributed by atoms with Gasteiger partial charge in [0.05, 0.1) is 4.90 Å². The van der Waals surface area contributed by atoms with Crippen molar-refractivity contribution in [2.75, 3.05) is 11.1 Å². The van der Waals surface area contributed by atoms with Gasteiger partial charge in [-0.3, -0.25) is 4.79 Å². The first-order valence-electron chi connectivity index (χ1n) is 7.16. The molecule has 0 saturated heterocycles. The molecule has 4 nitrogen and oxygen atoms in total. The van der Waals surface area contributed by atoms with E-state index in [1.165, 1.54) is 24.3 Å². The van der Waals surface area contributed by atoms with Gasteiger partial charge in [-0.15, -0.1) is 0 Å². The van der Waals surface area contributed by atoms with Crippen molar-refractivity contribution in [1.29, 1.82) is 0 Å². The summed E-state index contributed by atoms with van der Waals surface area (Å²) in [5, 5.41) is 3.04. The lowest BCUT2D eigenvalue weighted by molar-refractivity contribution is -0.113.